The first kappa shape index (κ1) is 22.4. The van der Waals surface area contributed by atoms with Crippen molar-refractivity contribution >= 4 is 16.2 Å². The Morgan fingerprint density at radius 1 is 1.19 bits per heavy atom. The zero-order valence-electron chi connectivity index (χ0n) is 16.0. The summed E-state index contributed by atoms with van der Waals surface area (Å²) in [6.07, 6.45) is -0.179. The van der Waals surface area contributed by atoms with E-state index in [0.29, 0.717) is 13.0 Å². The smallest absolute Gasteiger partial charge is 0.407 e. The van der Waals surface area contributed by atoms with E-state index in [0.717, 1.165) is 11.8 Å². The van der Waals surface area contributed by atoms with Crippen LogP contribution < -0.4 is 5.32 Å². The SMILES string of the molecule is CCOCC(OS(C)(=O)=O)C(Cc1ccccc1)NC(=O)OC(C)(C)C. The molecular weight excluding hydrogens is 358 g/mol. The molecule has 8 heteroatoms. The predicted molar refractivity (Wildman–Crippen MR) is 99.5 cm³/mol. The molecule has 0 bridgehead atoms. The third kappa shape index (κ3) is 9.74. The summed E-state index contributed by atoms with van der Waals surface area (Å²) in [5.41, 5.74) is 0.251. The second-order valence-corrected chi connectivity index (χ2v) is 8.54. The molecule has 2 unspecified atom stereocenters. The zero-order valence-corrected chi connectivity index (χ0v) is 16.8. The standard InChI is InChI=1S/C18H29NO6S/c1-6-23-13-16(25-26(5,21)22)15(12-14-10-8-7-9-11-14)19-17(20)24-18(2,3)4/h7-11,15-16H,6,12-13H2,1-5H3,(H,19,20). The molecule has 1 amide bonds. The number of ether oxygens (including phenoxy) is 2. The van der Waals surface area contributed by atoms with Gasteiger partial charge in [-0.15, -0.1) is 0 Å². The van der Waals surface area contributed by atoms with Crippen molar-refractivity contribution in [3.05, 3.63) is 35.9 Å². The predicted octanol–water partition coefficient (Wildman–Crippen LogP) is 2.50. The molecule has 0 saturated carbocycles. The van der Waals surface area contributed by atoms with Crippen LogP contribution in [0.3, 0.4) is 0 Å². The fourth-order valence-electron chi connectivity index (χ4n) is 2.27. The topological polar surface area (TPSA) is 90.9 Å². The minimum absolute atomic E-state index is 0.0247. The molecule has 7 nitrogen and oxygen atoms in total. The van der Waals surface area contributed by atoms with Crippen molar-refractivity contribution in [2.75, 3.05) is 19.5 Å². The fraction of sp³-hybridized carbons (Fsp3) is 0.611. The van der Waals surface area contributed by atoms with Gasteiger partial charge in [0.1, 0.15) is 11.7 Å². The lowest BCUT2D eigenvalue weighted by Crippen LogP contribution is -2.50. The van der Waals surface area contributed by atoms with Gasteiger partial charge in [-0.05, 0) is 39.7 Å². The van der Waals surface area contributed by atoms with Gasteiger partial charge >= 0.3 is 6.09 Å². The molecule has 0 aliphatic carbocycles. The lowest BCUT2D eigenvalue weighted by molar-refractivity contribution is 0.0247. The van der Waals surface area contributed by atoms with Gasteiger partial charge in [-0.3, -0.25) is 4.18 Å². The average Bonchev–Trinajstić information content (AvgIpc) is 2.49. The number of hydrogen-bond acceptors (Lipinski definition) is 6. The van der Waals surface area contributed by atoms with Crippen LogP contribution in [0.5, 0.6) is 0 Å². The molecule has 0 aliphatic rings. The molecule has 1 N–H and O–H groups in total. The van der Waals surface area contributed by atoms with E-state index in [1.165, 1.54) is 0 Å². The first-order valence-electron chi connectivity index (χ1n) is 8.49. The molecule has 0 fully saturated rings. The molecule has 26 heavy (non-hydrogen) atoms. The third-order valence-corrected chi connectivity index (χ3v) is 3.83. The van der Waals surface area contributed by atoms with Crippen molar-refractivity contribution < 1.29 is 26.9 Å². The number of rotatable bonds is 9. The van der Waals surface area contributed by atoms with Crippen LogP contribution >= 0.6 is 0 Å². The molecule has 1 aromatic carbocycles. The molecular formula is C18H29NO6S. The van der Waals surface area contributed by atoms with E-state index in [4.69, 9.17) is 13.7 Å². The number of carbonyl (C=O) groups excluding carboxylic acids is 1. The molecule has 0 saturated heterocycles. The summed E-state index contributed by atoms with van der Waals surface area (Å²) < 4.78 is 39.1. The minimum Gasteiger partial charge on any atom is -0.444 e. The van der Waals surface area contributed by atoms with Crippen LogP contribution in [0.15, 0.2) is 30.3 Å². The Morgan fingerprint density at radius 3 is 2.31 bits per heavy atom. The first-order chi connectivity index (χ1) is 12.0. The van der Waals surface area contributed by atoms with Crippen LogP contribution in [0.4, 0.5) is 4.79 Å². The summed E-state index contributed by atoms with van der Waals surface area (Å²) in [5.74, 6) is 0. The summed E-state index contributed by atoms with van der Waals surface area (Å²) in [5, 5.41) is 2.72. The van der Waals surface area contributed by atoms with Crippen LogP contribution in [-0.4, -0.2) is 51.7 Å². The second kappa shape index (κ2) is 9.89. The van der Waals surface area contributed by atoms with Crippen LogP contribution in [-0.2, 0) is 30.2 Å². The van der Waals surface area contributed by atoms with Gasteiger partial charge in [0.05, 0.1) is 18.9 Å². The summed E-state index contributed by atoms with van der Waals surface area (Å²) in [7, 11) is -3.73. The molecule has 2 atom stereocenters. The summed E-state index contributed by atoms with van der Waals surface area (Å²) in [4.78, 5) is 12.2. The van der Waals surface area contributed by atoms with Gasteiger partial charge in [0, 0.05) is 6.61 Å². The van der Waals surface area contributed by atoms with Gasteiger partial charge in [-0.1, -0.05) is 30.3 Å². The highest BCUT2D eigenvalue weighted by Gasteiger charge is 2.29. The summed E-state index contributed by atoms with van der Waals surface area (Å²) in [6.45, 7) is 7.48. The van der Waals surface area contributed by atoms with Crippen LogP contribution in [0.25, 0.3) is 0 Å². The van der Waals surface area contributed by atoms with Gasteiger partial charge in [0.2, 0.25) is 0 Å². The Hall–Kier alpha value is -1.64. The lowest BCUT2D eigenvalue weighted by Gasteiger charge is -2.28. The molecule has 0 aliphatic heterocycles. The normalized spacial score (nSPS) is 14.5. The highest BCUT2D eigenvalue weighted by Crippen LogP contribution is 2.14. The van der Waals surface area contributed by atoms with Gasteiger partial charge in [0.15, 0.2) is 0 Å². The largest absolute Gasteiger partial charge is 0.444 e. The monoisotopic (exact) mass is 387 g/mol. The fourth-order valence-corrected chi connectivity index (χ4v) is 2.91. The quantitative estimate of drug-likeness (QED) is 0.655. The highest BCUT2D eigenvalue weighted by molar-refractivity contribution is 7.86. The highest BCUT2D eigenvalue weighted by atomic mass is 32.2. The van der Waals surface area contributed by atoms with E-state index in [-0.39, 0.29) is 6.61 Å². The Balaban J connectivity index is 3.02. The van der Waals surface area contributed by atoms with E-state index in [1.54, 1.807) is 27.7 Å². The van der Waals surface area contributed by atoms with Crippen LogP contribution in [0.2, 0.25) is 0 Å². The zero-order chi connectivity index (χ0) is 19.8. The number of alkyl carbamates (subject to hydrolysis) is 1. The molecule has 0 spiro atoms. The maximum atomic E-state index is 12.2. The average molecular weight is 387 g/mol. The van der Waals surface area contributed by atoms with Gasteiger partial charge < -0.3 is 14.8 Å². The molecule has 0 aromatic heterocycles. The Bertz CT molecular complexity index is 654. The van der Waals surface area contributed by atoms with Crippen molar-refractivity contribution in [1.29, 1.82) is 0 Å². The van der Waals surface area contributed by atoms with Crippen molar-refractivity contribution in [2.45, 2.75) is 51.9 Å². The number of nitrogens with one attached hydrogen (secondary N) is 1. The van der Waals surface area contributed by atoms with Crippen molar-refractivity contribution in [3.8, 4) is 0 Å². The summed E-state index contributed by atoms with van der Waals surface area (Å²) in [6, 6.07) is 8.76. The van der Waals surface area contributed by atoms with E-state index in [9.17, 15) is 13.2 Å². The van der Waals surface area contributed by atoms with Crippen molar-refractivity contribution in [3.63, 3.8) is 0 Å². The van der Waals surface area contributed by atoms with E-state index >= 15 is 0 Å². The lowest BCUT2D eigenvalue weighted by atomic mass is 10.0. The van der Waals surface area contributed by atoms with E-state index in [1.807, 2.05) is 30.3 Å². The molecule has 1 aromatic rings. The van der Waals surface area contributed by atoms with Crippen molar-refractivity contribution in [1.82, 2.24) is 5.32 Å². The van der Waals surface area contributed by atoms with E-state index in [2.05, 4.69) is 5.32 Å². The maximum absolute atomic E-state index is 12.2. The van der Waals surface area contributed by atoms with Crippen molar-refractivity contribution in [2.24, 2.45) is 0 Å². The number of amides is 1. The van der Waals surface area contributed by atoms with E-state index < -0.39 is 34.0 Å². The number of hydrogen-bond donors (Lipinski definition) is 1. The molecule has 0 heterocycles. The van der Waals surface area contributed by atoms with Gasteiger partial charge in [-0.25, -0.2) is 4.79 Å². The third-order valence-electron chi connectivity index (χ3n) is 3.23. The Kier molecular flexibility index (Phi) is 8.52. The summed E-state index contributed by atoms with van der Waals surface area (Å²) >= 11 is 0. The molecule has 1 rings (SSSR count). The first-order valence-corrected chi connectivity index (χ1v) is 10.3. The van der Waals surface area contributed by atoms with Gasteiger partial charge in [0.25, 0.3) is 10.1 Å². The number of carbonyl (C=O) groups is 1. The second-order valence-electron chi connectivity index (χ2n) is 6.94. The van der Waals surface area contributed by atoms with Crippen LogP contribution in [0.1, 0.15) is 33.3 Å². The van der Waals surface area contributed by atoms with Crippen LogP contribution in [0, 0.1) is 0 Å². The minimum atomic E-state index is -3.73. The van der Waals surface area contributed by atoms with Gasteiger partial charge in [-0.2, -0.15) is 8.42 Å². The Morgan fingerprint density at radius 2 is 1.81 bits per heavy atom. The molecule has 148 valence electrons. The molecule has 0 radical (unpaired) electrons. The number of benzene rings is 1. The maximum Gasteiger partial charge on any atom is 0.407 e. The Labute approximate surface area is 156 Å².